The number of aliphatic hydroxyl groups is 1. The molecule has 1 aliphatic rings. The highest BCUT2D eigenvalue weighted by Crippen LogP contribution is 2.34. The van der Waals surface area contributed by atoms with E-state index in [1.807, 2.05) is 6.07 Å². The lowest BCUT2D eigenvalue weighted by Gasteiger charge is -2.40. The van der Waals surface area contributed by atoms with Gasteiger partial charge in [0.1, 0.15) is 17.8 Å². The predicted molar refractivity (Wildman–Crippen MR) is 112 cm³/mol. The van der Waals surface area contributed by atoms with E-state index in [0.29, 0.717) is 47.8 Å². The molecule has 0 spiro atoms. The zero-order valence-electron chi connectivity index (χ0n) is 15.8. The Kier molecular flexibility index (Phi) is 5.51. The molecule has 1 fully saturated rings. The highest BCUT2D eigenvalue weighted by molar-refractivity contribution is 6.30. The number of halogens is 1. The molecule has 1 amide bonds. The molecule has 29 heavy (non-hydrogen) atoms. The maximum atomic E-state index is 13.8. The van der Waals surface area contributed by atoms with Crippen LogP contribution in [0.25, 0.3) is 11.0 Å². The molecule has 152 valence electrons. The maximum absolute atomic E-state index is 13.8. The molecule has 1 aromatic carbocycles. The second-order valence-corrected chi connectivity index (χ2v) is 7.70. The Morgan fingerprint density at radius 3 is 2.66 bits per heavy atom. The summed E-state index contributed by atoms with van der Waals surface area (Å²) in [5.74, 6) is 0.146. The topological polar surface area (TPSA) is 120 Å². The molecular formula is C20H23ClN6O2. The van der Waals surface area contributed by atoms with Crippen LogP contribution >= 0.6 is 11.6 Å². The summed E-state index contributed by atoms with van der Waals surface area (Å²) in [5, 5.41) is 14.8. The van der Waals surface area contributed by atoms with Gasteiger partial charge in [0.15, 0.2) is 0 Å². The molecule has 1 atom stereocenters. The van der Waals surface area contributed by atoms with Gasteiger partial charge in [-0.05, 0) is 49.7 Å². The van der Waals surface area contributed by atoms with Crippen molar-refractivity contribution in [1.29, 1.82) is 0 Å². The van der Waals surface area contributed by atoms with Crippen LogP contribution in [0.15, 0.2) is 42.9 Å². The van der Waals surface area contributed by atoms with E-state index in [1.165, 1.54) is 11.2 Å². The van der Waals surface area contributed by atoms with Gasteiger partial charge in [0.25, 0.3) is 0 Å². The van der Waals surface area contributed by atoms with Crippen molar-refractivity contribution in [3.05, 3.63) is 53.4 Å². The van der Waals surface area contributed by atoms with E-state index in [2.05, 4.69) is 20.3 Å². The molecule has 3 heterocycles. The minimum atomic E-state index is -1.04. The second-order valence-electron chi connectivity index (χ2n) is 7.27. The number of carbonyl (C=O) groups excluding carboxylic acids is 1. The Morgan fingerprint density at radius 2 is 1.97 bits per heavy atom. The number of carbonyl (C=O) groups is 1. The van der Waals surface area contributed by atoms with Crippen LogP contribution in [-0.2, 0) is 4.79 Å². The van der Waals surface area contributed by atoms with Crippen LogP contribution in [0.4, 0.5) is 5.82 Å². The first kappa shape index (κ1) is 19.8. The summed E-state index contributed by atoms with van der Waals surface area (Å²) >= 11 is 6.03. The number of benzene rings is 1. The van der Waals surface area contributed by atoms with Crippen LogP contribution in [-0.4, -0.2) is 51.2 Å². The lowest BCUT2D eigenvalue weighted by Crippen LogP contribution is -2.61. The summed E-state index contributed by atoms with van der Waals surface area (Å²) in [4.78, 5) is 27.0. The summed E-state index contributed by atoms with van der Waals surface area (Å²) in [5.41, 5.74) is 6.88. The van der Waals surface area contributed by atoms with Gasteiger partial charge in [0.05, 0.1) is 23.6 Å². The number of nitrogens with zero attached hydrogens (tertiary/aromatic N) is 3. The van der Waals surface area contributed by atoms with Crippen LogP contribution < -0.4 is 16.0 Å². The van der Waals surface area contributed by atoms with E-state index in [0.717, 1.165) is 5.56 Å². The van der Waals surface area contributed by atoms with Crippen LogP contribution in [0, 0.1) is 0 Å². The molecular weight excluding hydrogens is 392 g/mol. The third-order valence-electron chi connectivity index (χ3n) is 5.44. The Bertz CT molecular complexity index is 1000. The summed E-state index contributed by atoms with van der Waals surface area (Å²) in [6, 6.07) is 8.21. The summed E-state index contributed by atoms with van der Waals surface area (Å²) in [6.07, 6.45) is 4.14. The summed E-state index contributed by atoms with van der Waals surface area (Å²) in [6.45, 7) is 1.02. The molecule has 2 aromatic heterocycles. The lowest BCUT2D eigenvalue weighted by atomic mass is 9.87. The van der Waals surface area contributed by atoms with Crippen LogP contribution in [0.2, 0.25) is 5.02 Å². The van der Waals surface area contributed by atoms with Crippen LogP contribution in [0.3, 0.4) is 0 Å². The van der Waals surface area contributed by atoms with E-state index in [4.69, 9.17) is 17.3 Å². The molecule has 0 radical (unpaired) electrons. The number of nitrogens with one attached hydrogen (secondary N) is 2. The van der Waals surface area contributed by atoms with Gasteiger partial charge in [-0.25, -0.2) is 9.97 Å². The molecule has 1 unspecified atom stereocenters. The Labute approximate surface area is 173 Å². The van der Waals surface area contributed by atoms with Crippen molar-refractivity contribution < 1.29 is 9.90 Å². The van der Waals surface area contributed by atoms with Gasteiger partial charge in [0, 0.05) is 11.2 Å². The van der Waals surface area contributed by atoms with E-state index < -0.39 is 11.6 Å². The molecule has 8 nitrogen and oxygen atoms in total. The molecule has 5 N–H and O–H groups in total. The quantitative estimate of drug-likeness (QED) is 0.505. The minimum absolute atomic E-state index is 0.269. The lowest BCUT2D eigenvalue weighted by molar-refractivity contribution is -0.125. The van der Waals surface area contributed by atoms with Crippen LogP contribution in [0.1, 0.15) is 24.4 Å². The van der Waals surface area contributed by atoms with Gasteiger partial charge in [-0.3, -0.25) is 9.69 Å². The number of aliphatic hydroxyl groups excluding tert-OH is 1. The van der Waals surface area contributed by atoms with Gasteiger partial charge >= 0.3 is 0 Å². The van der Waals surface area contributed by atoms with Crippen molar-refractivity contribution in [3.8, 4) is 0 Å². The summed E-state index contributed by atoms with van der Waals surface area (Å²) in [7, 11) is 0. The average Bonchev–Trinajstić information content (AvgIpc) is 3.22. The zero-order valence-corrected chi connectivity index (χ0v) is 16.6. The van der Waals surface area contributed by atoms with Gasteiger partial charge in [-0.1, -0.05) is 23.7 Å². The first-order chi connectivity index (χ1) is 14.0. The molecule has 0 bridgehead atoms. The molecule has 0 saturated carbocycles. The van der Waals surface area contributed by atoms with Crippen LogP contribution in [0.5, 0.6) is 0 Å². The largest absolute Gasteiger partial charge is 0.394 e. The number of fused-ring (bicyclic) bond motifs is 1. The fourth-order valence-corrected chi connectivity index (χ4v) is 3.91. The number of aromatic nitrogens is 3. The van der Waals surface area contributed by atoms with Crippen molar-refractivity contribution in [1.82, 2.24) is 20.3 Å². The molecule has 0 aliphatic carbocycles. The third-order valence-corrected chi connectivity index (χ3v) is 5.69. The van der Waals surface area contributed by atoms with E-state index in [1.54, 1.807) is 30.5 Å². The molecule has 1 saturated heterocycles. The van der Waals surface area contributed by atoms with Crippen molar-refractivity contribution >= 4 is 34.4 Å². The molecule has 9 heteroatoms. The second kappa shape index (κ2) is 8.08. The van der Waals surface area contributed by atoms with E-state index in [-0.39, 0.29) is 12.5 Å². The smallest absolute Gasteiger partial charge is 0.249 e. The Morgan fingerprint density at radius 1 is 1.24 bits per heavy atom. The van der Waals surface area contributed by atoms with Gasteiger partial charge in [0.2, 0.25) is 5.91 Å². The van der Waals surface area contributed by atoms with Crippen molar-refractivity contribution in [3.63, 3.8) is 0 Å². The van der Waals surface area contributed by atoms with Crippen molar-refractivity contribution in [2.24, 2.45) is 5.73 Å². The maximum Gasteiger partial charge on any atom is 0.249 e. The van der Waals surface area contributed by atoms with Crippen molar-refractivity contribution in [2.45, 2.75) is 24.4 Å². The fraction of sp³-hybridized carbons (Fsp3) is 0.350. The number of anilines is 1. The monoisotopic (exact) mass is 414 g/mol. The average molecular weight is 415 g/mol. The first-order valence-electron chi connectivity index (χ1n) is 9.51. The molecule has 1 aliphatic heterocycles. The van der Waals surface area contributed by atoms with Gasteiger partial charge in [-0.15, -0.1) is 0 Å². The van der Waals surface area contributed by atoms with Gasteiger partial charge in [-0.2, -0.15) is 0 Å². The van der Waals surface area contributed by atoms with Crippen molar-refractivity contribution in [2.75, 3.05) is 24.6 Å². The van der Waals surface area contributed by atoms with E-state index >= 15 is 0 Å². The Hall–Kier alpha value is -2.52. The number of aromatic amines is 1. The van der Waals surface area contributed by atoms with Gasteiger partial charge < -0.3 is 21.1 Å². The molecule has 4 rings (SSSR count). The normalized spacial score (nSPS) is 17.2. The number of nitrogens with two attached hydrogens (primary N) is 1. The predicted octanol–water partition coefficient (Wildman–Crippen LogP) is 1.76. The highest BCUT2D eigenvalue weighted by Gasteiger charge is 2.42. The summed E-state index contributed by atoms with van der Waals surface area (Å²) < 4.78 is 0. The minimum Gasteiger partial charge on any atom is -0.394 e. The number of piperidine rings is 1. The number of hydrogen-bond donors (Lipinski definition) is 4. The standard InChI is InChI=1S/C20H23ClN6O2/c21-14-3-1-13(2-4-14)16(11-28)27(19(29)20(22)6-9-23-10-7-20)18-15-5-8-24-17(15)25-12-26-18/h1-5,8,12,16,23,28H,6-7,9-11,22H2,(H,24,25,26). The SMILES string of the molecule is NC1(C(=O)N(c2ncnc3[nH]ccc23)C(CO)c2ccc(Cl)cc2)CCNCC1. The Balaban J connectivity index is 1.85. The fourth-order valence-electron chi connectivity index (χ4n) is 3.78. The first-order valence-corrected chi connectivity index (χ1v) is 9.89. The number of hydrogen-bond acceptors (Lipinski definition) is 6. The van der Waals surface area contributed by atoms with E-state index in [9.17, 15) is 9.90 Å². The molecule has 3 aromatic rings. The third kappa shape index (κ3) is 3.72. The highest BCUT2D eigenvalue weighted by atomic mass is 35.5. The zero-order chi connectivity index (χ0) is 20.4. The number of H-pyrrole nitrogens is 1. The number of amides is 1. The number of rotatable bonds is 5.